The maximum Gasteiger partial charge on any atom is 0.303 e. The second kappa shape index (κ2) is 10.9. The van der Waals surface area contributed by atoms with Gasteiger partial charge in [-0.05, 0) is 67.7 Å². The third kappa shape index (κ3) is 4.70. The Labute approximate surface area is 251 Å². The summed E-state index contributed by atoms with van der Waals surface area (Å²) in [6.07, 6.45) is 0.0906. The Morgan fingerprint density at radius 3 is 2.32 bits per heavy atom. The van der Waals surface area contributed by atoms with Gasteiger partial charge in [0.2, 0.25) is 5.78 Å². The SMILES string of the molecule is CC(=O)OCC(=O)Nc1ccc(-c2ccc(O)c3c2C[C@@H]2C[C@H]4[C@@H](N(C)C)C(=O)C(C(N)=O)=C(O)C4(O)C(=O)C2=C3O)cc1. The van der Waals surface area contributed by atoms with E-state index in [1.54, 1.807) is 30.3 Å². The number of amides is 2. The largest absolute Gasteiger partial charge is 0.508 e. The first-order valence-corrected chi connectivity index (χ1v) is 13.7. The topological polar surface area (TPSA) is 217 Å². The fraction of sp³-hybridized carbons (Fsp3) is 0.323. The van der Waals surface area contributed by atoms with E-state index in [9.17, 15) is 44.4 Å². The number of anilines is 1. The van der Waals surface area contributed by atoms with Crippen LogP contribution in [0.15, 0.2) is 53.3 Å². The number of aliphatic hydroxyl groups excluding tert-OH is 2. The number of nitrogens with one attached hydrogen (secondary N) is 1. The number of aromatic hydroxyl groups is 1. The summed E-state index contributed by atoms with van der Waals surface area (Å²) >= 11 is 0. The smallest absolute Gasteiger partial charge is 0.303 e. The molecule has 4 atom stereocenters. The third-order valence-electron chi connectivity index (χ3n) is 8.49. The third-order valence-corrected chi connectivity index (χ3v) is 8.49. The highest BCUT2D eigenvalue weighted by atomic mass is 16.5. The number of hydrogen-bond acceptors (Lipinski definition) is 11. The lowest BCUT2D eigenvalue weighted by molar-refractivity contribution is -0.153. The molecule has 0 bridgehead atoms. The molecule has 1 fully saturated rings. The Morgan fingerprint density at radius 2 is 1.73 bits per heavy atom. The number of ketones is 2. The Balaban J connectivity index is 1.57. The molecule has 2 aromatic carbocycles. The van der Waals surface area contributed by atoms with Gasteiger partial charge in [0.05, 0.1) is 11.6 Å². The van der Waals surface area contributed by atoms with Gasteiger partial charge in [0, 0.05) is 24.1 Å². The van der Waals surface area contributed by atoms with Crippen LogP contribution >= 0.6 is 0 Å². The molecule has 2 aromatic rings. The number of esters is 1. The number of Topliss-reactive ketones (excluding diaryl/α,β-unsaturated/α-hetero) is 2. The van der Waals surface area contributed by atoms with E-state index in [-0.39, 0.29) is 29.7 Å². The summed E-state index contributed by atoms with van der Waals surface area (Å²) < 4.78 is 4.69. The molecule has 7 N–H and O–H groups in total. The molecule has 3 aliphatic carbocycles. The van der Waals surface area contributed by atoms with Crippen molar-refractivity contribution < 1.29 is 49.1 Å². The van der Waals surface area contributed by atoms with Crippen LogP contribution in [0.4, 0.5) is 5.69 Å². The fourth-order valence-corrected chi connectivity index (χ4v) is 6.61. The highest BCUT2D eigenvalue weighted by molar-refractivity contribution is 6.24. The number of fused-ring (bicyclic) bond motifs is 3. The normalized spacial score (nSPS) is 24.4. The maximum absolute atomic E-state index is 14.0. The van der Waals surface area contributed by atoms with Crippen LogP contribution in [0, 0.1) is 11.8 Å². The number of rotatable bonds is 6. The Bertz CT molecular complexity index is 1690. The highest BCUT2D eigenvalue weighted by Crippen LogP contribution is 2.53. The lowest BCUT2D eigenvalue weighted by atomic mass is 9.57. The number of carbonyl (C=O) groups excluding carboxylic acids is 5. The second-order valence-electron chi connectivity index (χ2n) is 11.4. The lowest BCUT2D eigenvalue weighted by Crippen LogP contribution is -2.65. The Kier molecular flexibility index (Phi) is 7.56. The molecule has 0 heterocycles. The van der Waals surface area contributed by atoms with Crippen molar-refractivity contribution in [1.82, 2.24) is 4.90 Å². The summed E-state index contributed by atoms with van der Waals surface area (Å²) in [6, 6.07) is 8.44. The summed E-state index contributed by atoms with van der Waals surface area (Å²) in [6.45, 7) is 0.750. The number of likely N-dealkylation sites (N-methyl/N-ethyl adjacent to an activating group) is 1. The van der Waals surface area contributed by atoms with Gasteiger partial charge in [0.25, 0.3) is 11.8 Å². The molecule has 0 saturated heterocycles. The van der Waals surface area contributed by atoms with Crippen molar-refractivity contribution in [1.29, 1.82) is 0 Å². The van der Waals surface area contributed by atoms with E-state index in [2.05, 4.69) is 10.1 Å². The molecular formula is C31H31N3O10. The molecule has 0 spiro atoms. The van der Waals surface area contributed by atoms with Crippen molar-refractivity contribution in [2.24, 2.45) is 17.6 Å². The predicted octanol–water partition coefficient (Wildman–Crippen LogP) is 1.13. The van der Waals surface area contributed by atoms with E-state index in [0.717, 1.165) is 0 Å². The first kappa shape index (κ1) is 30.4. The second-order valence-corrected chi connectivity index (χ2v) is 11.4. The zero-order chi connectivity index (χ0) is 32.2. The van der Waals surface area contributed by atoms with Gasteiger partial charge >= 0.3 is 5.97 Å². The van der Waals surface area contributed by atoms with E-state index >= 15 is 0 Å². The van der Waals surface area contributed by atoms with Crippen LogP contribution in [0.2, 0.25) is 0 Å². The van der Waals surface area contributed by atoms with Gasteiger partial charge in [0.15, 0.2) is 18.0 Å². The van der Waals surface area contributed by atoms with Crippen molar-refractivity contribution in [3.8, 4) is 16.9 Å². The van der Waals surface area contributed by atoms with Gasteiger partial charge in [0.1, 0.15) is 22.8 Å². The zero-order valence-electron chi connectivity index (χ0n) is 24.1. The van der Waals surface area contributed by atoms with Gasteiger partial charge in [-0.2, -0.15) is 0 Å². The Hall–Kier alpha value is -5.01. The van der Waals surface area contributed by atoms with E-state index < -0.39 is 76.5 Å². The number of phenolic OH excluding ortho intramolecular Hbond substituents is 1. The van der Waals surface area contributed by atoms with Crippen LogP contribution < -0.4 is 11.1 Å². The first-order valence-electron chi connectivity index (χ1n) is 13.7. The summed E-state index contributed by atoms with van der Waals surface area (Å²) in [4.78, 5) is 63.8. The quantitative estimate of drug-likeness (QED) is 0.203. The van der Waals surface area contributed by atoms with Crippen LogP contribution in [-0.4, -0.2) is 87.0 Å². The van der Waals surface area contributed by atoms with E-state index in [1.807, 2.05) is 0 Å². The van der Waals surface area contributed by atoms with Crippen LogP contribution in [0.3, 0.4) is 0 Å². The van der Waals surface area contributed by atoms with Crippen LogP contribution in [0.5, 0.6) is 5.75 Å². The lowest BCUT2D eigenvalue weighted by Gasteiger charge is -2.50. The van der Waals surface area contributed by atoms with E-state index in [4.69, 9.17) is 5.73 Å². The van der Waals surface area contributed by atoms with Gasteiger partial charge in [-0.25, -0.2) is 0 Å². The van der Waals surface area contributed by atoms with Crippen molar-refractivity contribution in [2.45, 2.75) is 31.4 Å². The van der Waals surface area contributed by atoms with Gasteiger partial charge in [-0.1, -0.05) is 18.2 Å². The molecule has 0 radical (unpaired) electrons. The minimum atomic E-state index is -2.71. The summed E-state index contributed by atoms with van der Waals surface area (Å²) in [5.74, 6) is -8.30. The van der Waals surface area contributed by atoms with Crippen molar-refractivity contribution in [3.63, 3.8) is 0 Å². The fourth-order valence-electron chi connectivity index (χ4n) is 6.61. The predicted molar refractivity (Wildman–Crippen MR) is 155 cm³/mol. The van der Waals surface area contributed by atoms with Crippen molar-refractivity contribution in [3.05, 3.63) is 64.4 Å². The number of carbonyl (C=O) groups is 5. The number of primary amides is 1. The monoisotopic (exact) mass is 605 g/mol. The molecule has 230 valence electrons. The van der Waals surface area contributed by atoms with E-state index in [1.165, 1.54) is 32.0 Å². The van der Waals surface area contributed by atoms with E-state index in [0.29, 0.717) is 22.4 Å². The van der Waals surface area contributed by atoms with Gasteiger partial charge < -0.3 is 36.2 Å². The number of benzene rings is 2. The molecule has 0 aliphatic heterocycles. The molecule has 2 amide bonds. The highest BCUT2D eigenvalue weighted by Gasteiger charge is 2.64. The number of nitrogens with zero attached hydrogens (tertiary/aromatic N) is 1. The first-order chi connectivity index (χ1) is 20.7. The molecular weight excluding hydrogens is 574 g/mol. The van der Waals surface area contributed by atoms with Crippen LogP contribution in [0.25, 0.3) is 16.9 Å². The minimum Gasteiger partial charge on any atom is -0.508 e. The zero-order valence-corrected chi connectivity index (χ0v) is 24.1. The molecule has 13 nitrogen and oxygen atoms in total. The Morgan fingerprint density at radius 1 is 1.07 bits per heavy atom. The summed E-state index contributed by atoms with van der Waals surface area (Å²) in [5, 5.41) is 47.5. The number of hydrogen-bond donors (Lipinski definition) is 6. The van der Waals surface area contributed by atoms with Gasteiger partial charge in [-0.15, -0.1) is 0 Å². The van der Waals surface area contributed by atoms with Crippen molar-refractivity contribution >= 4 is 40.8 Å². The number of aliphatic hydroxyl groups is 3. The maximum atomic E-state index is 14.0. The van der Waals surface area contributed by atoms with Crippen molar-refractivity contribution in [2.75, 3.05) is 26.0 Å². The molecule has 13 heteroatoms. The average molecular weight is 606 g/mol. The summed E-state index contributed by atoms with van der Waals surface area (Å²) in [7, 11) is 3.07. The van der Waals surface area contributed by atoms with Gasteiger partial charge in [-0.3, -0.25) is 28.9 Å². The molecule has 5 rings (SSSR count). The molecule has 0 aromatic heterocycles. The molecule has 1 saturated carbocycles. The molecule has 44 heavy (non-hydrogen) atoms. The molecule has 1 unspecified atom stereocenters. The summed E-state index contributed by atoms with van der Waals surface area (Å²) in [5.41, 5.74) is 3.69. The number of ether oxygens (including phenoxy) is 1. The minimum absolute atomic E-state index is 0.0300. The molecule has 3 aliphatic rings. The van der Waals surface area contributed by atoms with Crippen LogP contribution in [-0.2, 0) is 35.1 Å². The average Bonchev–Trinajstić information content (AvgIpc) is 2.94. The standard InChI is InChI=1S/C31H31N3O10/c1-13(35)44-12-21(37)33-16-6-4-14(5-7-16)17-8-9-20(36)23-18(17)10-15-11-19-25(34(2)3)27(39)24(30(32)42)29(41)31(19,43)28(40)22(15)26(23)38/h4-9,15,19,25,36,38,41,43H,10-12H2,1-3H3,(H2,32,42)(H,33,37)/t15-,19+,25-,31?/m1/s1. The van der Waals surface area contributed by atoms with Crippen LogP contribution in [0.1, 0.15) is 24.5 Å². The number of nitrogens with two attached hydrogens (primary N) is 1. The number of phenols is 1.